The minimum absolute atomic E-state index is 0.200. The van der Waals surface area contributed by atoms with Crippen LogP contribution in [-0.4, -0.2) is 26.6 Å². The lowest BCUT2D eigenvalue weighted by Gasteiger charge is -2.45. The molecule has 6 rings (SSSR count). The van der Waals surface area contributed by atoms with Gasteiger partial charge in [0.2, 0.25) is 9.84 Å². The van der Waals surface area contributed by atoms with Crippen LogP contribution in [-0.2, 0) is 9.84 Å². The molecule has 0 radical (unpaired) electrons. The first-order valence-electron chi connectivity index (χ1n) is 10.5. The van der Waals surface area contributed by atoms with E-state index in [4.69, 9.17) is 0 Å². The molecule has 0 heterocycles. The lowest BCUT2D eigenvalue weighted by Crippen LogP contribution is -2.39. The summed E-state index contributed by atoms with van der Waals surface area (Å²) in [6, 6.07) is 21.6. The summed E-state index contributed by atoms with van der Waals surface area (Å²) in [6.07, 6.45) is 0.935. The van der Waals surface area contributed by atoms with E-state index in [2.05, 4.69) is 41.7 Å². The minimum atomic E-state index is -4.68. The van der Waals surface area contributed by atoms with Crippen molar-refractivity contribution < 1.29 is 22.0 Å². The predicted molar refractivity (Wildman–Crippen MR) is 117 cm³/mol. The largest absolute Gasteiger partial charge is 0.352 e. The zero-order valence-corrected chi connectivity index (χ0v) is 17.9. The van der Waals surface area contributed by atoms with Crippen molar-refractivity contribution in [2.75, 3.05) is 6.54 Å². The molecule has 1 amide bonds. The van der Waals surface area contributed by atoms with Gasteiger partial charge in [0.1, 0.15) is 0 Å². The van der Waals surface area contributed by atoms with E-state index < -0.39 is 20.5 Å². The molecule has 1 atom stereocenters. The van der Waals surface area contributed by atoms with Crippen LogP contribution in [0.15, 0.2) is 77.7 Å². The average molecular weight is 454 g/mol. The lowest BCUT2D eigenvalue weighted by molar-refractivity contribution is 0.0943. The zero-order valence-electron chi connectivity index (χ0n) is 17.0. The van der Waals surface area contributed by atoms with Gasteiger partial charge in [-0.1, -0.05) is 48.5 Å². The molecule has 0 aliphatic heterocycles. The summed E-state index contributed by atoms with van der Waals surface area (Å²) < 4.78 is 48.5. The second-order valence-corrected chi connectivity index (χ2v) is 10.2. The summed E-state index contributed by atoms with van der Waals surface area (Å²) in [7, 11) is -4.68. The summed E-state index contributed by atoms with van der Waals surface area (Å²) >= 11 is 0. The van der Waals surface area contributed by atoms with Crippen LogP contribution in [0.5, 0.6) is 0 Å². The highest BCUT2D eigenvalue weighted by Crippen LogP contribution is 2.55. The summed E-state index contributed by atoms with van der Waals surface area (Å²) in [5.41, 5.74) is 5.57. The summed E-state index contributed by atoms with van der Waals surface area (Å²) in [5.74, 6) is -3.12. The summed E-state index contributed by atoms with van der Waals surface area (Å²) in [4.78, 5) is 12.2. The van der Waals surface area contributed by atoms with Gasteiger partial charge < -0.3 is 5.32 Å². The van der Waals surface area contributed by atoms with Crippen molar-refractivity contribution in [3.63, 3.8) is 0 Å². The number of hydrogen-bond acceptors (Lipinski definition) is 3. The third kappa shape index (κ3) is 3.32. The standard InChI is InChI=1S/C25H21F2NO3S/c26-25(27)32(30,31)17-11-9-15(10-12-17)24(29)28-14-16-13-22-18-5-1-3-7-20(18)23(16)21-8-4-2-6-19(21)22/h1-12,16,22-23,25H,13-14H2,(H,28,29). The van der Waals surface area contributed by atoms with Crippen LogP contribution in [0, 0.1) is 5.92 Å². The molecule has 0 fully saturated rings. The molecule has 0 aromatic heterocycles. The first-order valence-corrected chi connectivity index (χ1v) is 12.0. The van der Waals surface area contributed by atoms with Gasteiger partial charge in [-0.15, -0.1) is 0 Å². The highest BCUT2D eigenvalue weighted by atomic mass is 32.2. The van der Waals surface area contributed by atoms with Gasteiger partial charge in [0.25, 0.3) is 5.91 Å². The van der Waals surface area contributed by atoms with Crippen LogP contribution in [0.25, 0.3) is 0 Å². The smallest absolute Gasteiger partial charge is 0.341 e. The van der Waals surface area contributed by atoms with Crippen LogP contribution in [0.1, 0.15) is 50.9 Å². The number of benzene rings is 3. The van der Waals surface area contributed by atoms with Crippen LogP contribution in [0.2, 0.25) is 0 Å². The van der Waals surface area contributed by atoms with Crippen molar-refractivity contribution >= 4 is 15.7 Å². The Morgan fingerprint density at radius 3 is 1.94 bits per heavy atom. The Morgan fingerprint density at radius 1 is 0.875 bits per heavy atom. The van der Waals surface area contributed by atoms with E-state index in [-0.39, 0.29) is 23.3 Å². The Labute approximate surface area is 185 Å². The quantitative estimate of drug-likeness (QED) is 0.609. The molecule has 32 heavy (non-hydrogen) atoms. The first-order chi connectivity index (χ1) is 15.4. The van der Waals surface area contributed by atoms with E-state index >= 15 is 0 Å². The zero-order chi connectivity index (χ0) is 22.5. The summed E-state index contributed by atoms with van der Waals surface area (Å²) in [5, 5.41) is 2.96. The second-order valence-electron chi connectivity index (χ2n) is 8.32. The normalized spacial score (nSPS) is 21.2. The van der Waals surface area contributed by atoms with Crippen molar-refractivity contribution in [3.8, 4) is 0 Å². The molecule has 3 aromatic carbocycles. The third-order valence-corrected chi connectivity index (χ3v) is 8.03. The van der Waals surface area contributed by atoms with E-state index in [1.165, 1.54) is 34.4 Å². The molecule has 1 unspecified atom stereocenters. The number of carbonyl (C=O) groups excluding carboxylic acids is 1. The molecule has 1 N–H and O–H groups in total. The number of fused-ring (bicyclic) bond motifs is 1. The number of carbonyl (C=O) groups is 1. The second kappa shape index (κ2) is 7.81. The summed E-state index contributed by atoms with van der Waals surface area (Å²) in [6.45, 7) is 0.472. The Hall–Kier alpha value is -3.06. The van der Waals surface area contributed by atoms with Gasteiger partial charge in [-0.25, -0.2) is 8.42 Å². The topological polar surface area (TPSA) is 63.2 Å². The number of alkyl halides is 2. The monoisotopic (exact) mass is 453 g/mol. The fourth-order valence-electron chi connectivity index (χ4n) is 5.18. The third-order valence-electron chi connectivity index (χ3n) is 6.63. The average Bonchev–Trinajstić information content (AvgIpc) is 2.82. The Kier molecular flexibility index (Phi) is 5.08. The number of nitrogens with one attached hydrogen (secondary N) is 1. The molecule has 0 saturated heterocycles. The Bertz CT molecular complexity index is 1240. The molecule has 7 heteroatoms. The van der Waals surface area contributed by atoms with Gasteiger partial charge >= 0.3 is 5.76 Å². The van der Waals surface area contributed by atoms with Crippen LogP contribution in [0.3, 0.4) is 0 Å². The minimum Gasteiger partial charge on any atom is -0.352 e. The highest BCUT2D eigenvalue weighted by molar-refractivity contribution is 7.91. The van der Waals surface area contributed by atoms with E-state index in [1.54, 1.807) is 0 Å². The number of halogens is 2. The molecule has 0 spiro atoms. The highest BCUT2D eigenvalue weighted by Gasteiger charge is 2.42. The Morgan fingerprint density at radius 2 is 1.41 bits per heavy atom. The van der Waals surface area contributed by atoms with Crippen molar-refractivity contribution in [1.82, 2.24) is 5.32 Å². The van der Waals surface area contributed by atoms with E-state index in [0.29, 0.717) is 12.5 Å². The van der Waals surface area contributed by atoms with Crippen LogP contribution in [0.4, 0.5) is 8.78 Å². The van der Waals surface area contributed by atoms with Crippen LogP contribution < -0.4 is 5.32 Å². The van der Waals surface area contributed by atoms with Gasteiger partial charge in [0.05, 0.1) is 4.90 Å². The lowest BCUT2D eigenvalue weighted by atomic mass is 9.59. The SMILES string of the molecule is O=C(NCC1CC2c3ccccc3C1c1ccccc12)c1ccc(S(=O)(=O)C(F)F)cc1. The maximum Gasteiger partial charge on any atom is 0.341 e. The van der Waals surface area contributed by atoms with Gasteiger partial charge in [-0.2, -0.15) is 8.78 Å². The van der Waals surface area contributed by atoms with E-state index in [9.17, 15) is 22.0 Å². The number of amides is 1. The molecule has 2 bridgehead atoms. The van der Waals surface area contributed by atoms with E-state index in [1.807, 2.05) is 12.1 Å². The fraction of sp³-hybridized carbons (Fsp3) is 0.240. The fourth-order valence-corrected chi connectivity index (χ4v) is 5.91. The molecular formula is C25H21F2NO3S. The number of sulfone groups is 1. The number of rotatable bonds is 5. The maximum absolute atomic E-state index is 12.7. The molecule has 3 aromatic rings. The molecule has 3 aliphatic carbocycles. The van der Waals surface area contributed by atoms with Gasteiger partial charge in [-0.3, -0.25) is 4.79 Å². The number of hydrogen-bond donors (Lipinski definition) is 1. The van der Waals surface area contributed by atoms with Crippen molar-refractivity contribution in [3.05, 3.63) is 101 Å². The predicted octanol–water partition coefficient (Wildman–Crippen LogP) is 4.71. The first kappa shape index (κ1) is 20.8. The van der Waals surface area contributed by atoms with Crippen molar-refractivity contribution in [2.24, 2.45) is 5.92 Å². The van der Waals surface area contributed by atoms with Crippen molar-refractivity contribution in [1.29, 1.82) is 0 Å². The molecule has 3 aliphatic rings. The molecule has 0 saturated carbocycles. The van der Waals surface area contributed by atoms with Gasteiger partial charge in [-0.05, 0) is 58.9 Å². The van der Waals surface area contributed by atoms with Crippen molar-refractivity contribution in [2.45, 2.75) is 28.9 Å². The van der Waals surface area contributed by atoms with E-state index in [0.717, 1.165) is 18.6 Å². The molecule has 164 valence electrons. The van der Waals surface area contributed by atoms with Gasteiger partial charge in [0, 0.05) is 23.9 Å². The van der Waals surface area contributed by atoms with Gasteiger partial charge in [0.15, 0.2) is 0 Å². The van der Waals surface area contributed by atoms with Crippen LogP contribution >= 0.6 is 0 Å². The maximum atomic E-state index is 12.7. The molecular weight excluding hydrogens is 432 g/mol. The molecule has 4 nitrogen and oxygen atoms in total. The Balaban J connectivity index is 1.35.